The van der Waals surface area contributed by atoms with Gasteiger partial charge in [0.25, 0.3) is 0 Å². The number of aliphatic hydroxyl groups excluding tert-OH is 1. The van der Waals surface area contributed by atoms with Gasteiger partial charge in [-0.25, -0.2) is 14.6 Å². The summed E-state index contributed by atoms with van der Waals surface area (Å²) in [4.78, 5) is 11.5. The second kappa shape index (κ2) is 8.53. The zero-order valence-electron chi connectivity index (χ0n) is 18.1. The Bertz CT molecular complexity index is 1080. The standard InChI is InChI=1S/C23H29N5O3/c1-15-8-18-11-24-28(21(18)9-20(15)17-4-3-6-30-14-17)23-10-22(25-16(2)26-23)27-5-7-31-19(12-27)13-29/h8-11,17,19,29H,3-7,12-14H2,1-2H3/t17?,19-/m0/s1. The Morgan fingerprint density at radius 1 is 1.13 bits per heavy atom. The van der Waals surface area contributed by atoms with Gasteiger partial charge in [-0.2, -0.15) is 5.10 Å². The summed E-state index contributed by atoms with van der Waals surface area (Å²) in [5, 5.41) is 15.2. The zero-order valence-corrected chi connectivity index (χ0v) is 18.1. The highest BCUT2D eigenvalue weighted by Gasteiger charge is 2.23. The molecule has 2 aliphatic heterocycles. The monoisotopic (exact) mass is 423 g/mol. The molecule has 0 amide bonds. The van der Waals surface area contributed by atoms with E-state index in [1.165, 1.54) is 11.1 Å². The first-order chi connectivity index (χ1) is 15.1. The lowest BCUT2D eigenvalue weighted by Crippen LogP contribution is -2.44. The van der Waals surface area contributed by atoms with Crippen LogP contribution in [0.25, 0.3) is 16.7 Å². The lowest BCUT2D eigenvalue weighted by atomic mass is 9.89. The molecule has 2 atom stereocenters. The maximum Gasteiger partial charge on any atom is 0.159 e. The number of fused-ring (bicyclic) bond motifs is 1. The van der Waals surface area contributed by atoms with Gasteiger partial charge in [0.1, 0.15) is 11.6 Å². The summed E-state index contributed by atoms with van der Waals surface area (Å²) >= 11 is 0. The number of hydrogen-bond acceptors (Lipinski definition) is 7. The van der Waals surface area contributed by atoms with E-state index in [0.29, 0.717) is 24.9 Å². The Morgan fingerprint density at radius 3 is 2.81 bits per heavy atom. The first-order valence-electron chi connectivity index (χ1n) is 11.0. The van der Waals surface area contributed by atoms with Crippen molar-refractivity contribution in [3.8, 4) is 5.82 Å². The summed E-state index contributed by atoms with van der Waals surface area (Å²) in [6, 6.07) is 6.44. The third kappa shape index (κ3) is 4.03. The fourth-order valence-corrected chi connectivity index (χ4v) is 4.66. The molecule has 2 saturated heterocycles. The van der Waals surface area contributed by atoms with E-state index >= 15 is 0 Å². The molecule has 0 saturated carbocycles. The number of anilines is 1. The van der Waals surface area contributed by atoms with E-state index in [9.17, 15) is 5.11 Å². The average molecular weight is 424 g/mol. The molecule has 0 radical (unpaired) electrons. The van der Waals surface area contributed by atoms with E-state index < -0.39 is 0 Å². The number of nitrogens with zero attached hydrogens (tertiary/aromatic N) is 5. The van der Waals surface area contributed by atoms with E-state index in [1.54, 1.807) is 0 Å². The number of hydrogen-bond donors (Lipinski definition) is 1. The number of aryl methyl sites for hydroxylation is 2. The van der Waals surface area contributed by atoms with Crippen molar-refractivity contribution >= 4 is 16.7 Å². The molecule has 0 spiro atoms. The van der Waals surface area contributed by atoms with Gasteiger partial charge in [-0.05, 0) is 49.9 Å². The third-order valence-electron chi connectivity index (χ3n) is 6.25. The summed E-state index contributed by atoms with van der Waals surface area (Å²) in [5.74, 6) is 2.70. The molecular weight excluding hydrogens is 394 g/mol. The molecule has 2 aliphatic rings. The third-order valence-corrected chi connectivity index (χ3v) is 6.25. The first kappa shape index (κ1) is 20.4. The van der Waals surface area contributed by atoms with Gasteiger partial charge in [-0.1, -0.05) is 0 Å². The Hall–Kier alpha value is -2.55. The van der Waals surface area contributed by atoms with Crippen LogP contribution in [0.15, 0.2) is 24.4 Å². The van der Waals surface area contributed by atoms with Crippen molar-refractivity contribution in [1.29, 1.82) is 0 Å². The second-order valence-electron chi connectivity index (χ2n) is 8.49. The summed E-state index contributed by atoms with van der Waals surface area (Å²) < 4.78 is 13.2. The van der Waals surface area contributed by atoms with Gasteiger partial charge in [0.15, 0.2) is 5.82 Å². The van der Waals surface area contributed by atoms with Crippen molar-refractivity contribution in [2.24, 2.45) is 0 Å². The van der Waals surface area contributed by atoms with E-state index in [4.69, 9.17) is 9.47 Å². The van der Waals surface area contributed by atoms with E-state index in [2.05, 4.69) is 39.0 Å². The fraction of sp³-hybridized carbons (Fsp3) is 0.522. The highest BCUT2D eigenvalue weighted by Crippen LogP contribution is 2.32. The molecule has 0 aliphatic carbocycles. The quantitative estimate of drug-likeness (QED) is 0.690. The molecule has 1 aromatic carbocycles. The topological polar surface area (TPSA) is 85.5 Å². The average Bonchev–Trinajstić information content (AvgIpc) is 3.21. The zero-order chi connectivity index (χ0) is 21.4. The number of rotatable bonds is 4. The predicted octanol–water partition coefficient (Wildman–Crippen LogP) is 2.52. The van der Waals surface area contributed by atoms with Gasteiger partial charge in [0, 0.05) is 37.1 Å². The Morgan fingerprint density at radius 2 is 2.00 bits per heavy atom. The lowest BCUT2D eigenvalue weighted by molar-refractivity contribution is 0.00335. The molecule has 5 rings (SSSR count). The van der Waals surface area contributed by atoms with Crippen molar-refractivity contribution in [3.05, 3.63) is 41.3 Å². The summed E-state index contributed by atoms with van der Waals surface area (Å²) in [6.45, 7) is 7.62. The van der Waals surface area contributed by atoms with E-state index in [1.807, 2.05) is 23.9 Å². The molecule has 0 bridgehead atoms. The smallest absolute Gasteiger partial charge is 0.159 e. The minimum atomic E-state index is -0.193. The summed E-state index contributed by atoms with van der Waals surface area (Å²) in [5.41, 5.74) is 3.66. The molecule has 3 aromatic rings. The molecular formula is C23H29N5O3. The van der Waals surface area contributed by atoms with E-state index in [0.717, 1.165) is 55.1 Å². The van der Waals surface area contributed by atoms with Gasteiger partial charge in [0.2, 0.25) is 0 Å². The number of ether oxygens (including phenoxy) is 2. The van der Waals surface area contributed by atoms with Crippen molar-refractivity contribution in [1.82, 2.24) is 19.7 Å². The summed E-state index contributed by atoms with van der Waals surface area (Å²) in [7, 11) is 0. The maximum atomic E-state index is 9.48. The molecule has 2 fully saturated rings. The lowest BCUT2D eigenvalue weighted by Gasteiger charge is -2.33. The van der Waals surface area contributed by atoms with E-state index in [-0.39, 0.29) is 12.7 Å². The van der Waals surface area contributed by atoms with Crippen LogP contribution in [0.4, 0.5) is 5.82 Å². The maximum absolute atomic E-state index is 9.48. The number of benzene rings is 1. The predicted molar refractivity (Wildman–Crippen MR) is 118 cm³/mol. The van der Waals surface area contributed by atoms with Gasteiger partial charge >= 0.3 is 0 Å². The minimum absolute atomic E-state index is 0.00419. The Kier molecular flexibility index (Phi) is 5.60. The molecule has 1 N–H and O–H groups in total. The Balaban J connectivity index is 1.54. The minimum Gasteiger partial charge on any atom is -0.394 e. The number of aromatic nitrogens is 4. The van der Waals surface area contributed by atoms with Crippen LogP contribution in [0, 0.1) is 13.8 Å². The van der Waals surface area contributed by atoms with Crippen LogP contribution >= 0.6 is 0 Å². The number of morpholine rings is 1. The van der Waals surface area contributed by atoms with Crippen LogP contribution in [0.5, 0.6) is 0 Å². The SMILES string of the molecule is Cc1nc(N2CCO[C@H](CO)C2)cc(-n2ncc3cc(C)c(C4CCCOC4)cc32)n1. The van der Waals surface area contributed by atoms with Crippen molar-refractivity contribution in [3.63, 3.8) is 0 Å². The second-order valence-corrected chi connectivity index (χ2v) is 8.49. The largest absolute Gasteiger partial charge is 0.394 e. The van der Waals surface area contributed by atoms with Crippen LogP contribution < -0.4 is 4.90 Å². The van der Waals surface area contributed by atoms with Crippen molar-refractivity contribution in [2.45, 2.75) is 38.7 Å². The molecule has 164 valence electrons. The van der Waals surface area contributed by atoms with Gasteiger partial charge in [-0.15, -0.1) is 0 Å². The fourth-order valence-electron chi connectivity index (χ4n) is 4.66. The molecule has 8 nitrogen and oxygen atoms in total. The van der Waals surface area contributed by atoms with Crippen LogP contribution in [-0.4, -0.2) is 70.5 Å². The molecule has 4 heterocycles. The van der Waals surface area contributed by atoms with Gasteiger partial charge < -0.3 is 19.5 Å². The molecule has 2 aromatic heterocycles. The first-order valence-corrected chi connectivity index (χ1v) is 11.0. The molecule has 1 unspecified atom stereocenters. The van der Waals surface area contributed by atoms with Gasteiger partial charge in [0.05, 0.1) is 37.6 Å². The van der Waals surface area contributed by atoms with Crippen molar-refractivity contribution in [2.75, 3.05) is 44.4 Å². The number of aliphatic hydroxyl groups is 1. The molecule has 31 heavy (non-hydrogen) atoms. The molecule has 8 heteroatoms. The van der Waals surface area contributed by atoms with Gasteiger partial charge in [-0.3, -0.25) is 0 Å². The van der Waals surface area contributed by atoms with Crippen LogP contribution in [0.1, 0.15) is 35.7 Å². The highest BCUT2D eigenvalue weighted by molar-refractivity contribution is 5.82. The van der Waals surface area contributed by atoms with Crippen LogP contribution in [-0.2, 0) is 9.47 Å². The van der Waals surface area contributed by atoms with Crippen molar-refractivity contribution < 1.29 is 14.6 Å². The summed E-state index contributed by atoms with van der Waals surface area (Å²) in [6.07, 6.45) is 3.96. The Labute approximate surface area is 181 Å². The van der Waals surface area contributed by atoms with Crippen LogP contribution in [0.2, 0.25) is 0 Å². The van der Waals surface area contributed by atoms with Crippen LogP contribution in [0.3, 0.4) is 0 Å². The highest BCUT2D eigenvalue weighted by atomic mass is 16.5. The normalized spacial score (nSPS) is 22.2.